The third-order valence-electron chi connectivity index (χ3n) is 8.94. The van der Waals surface area contributed by atoms with Crippen molar-refractivity contribution in [3.05, 3.63) is 164 Å². The highest BCUT2D eigenvalue weighted by Gasteiger charge is 2.17. The van der Waals surface area contributed by atoms with E-state index in [0.29, 0.717) is 0 Å². The van der Waals surface area contributed by atoms with Crippen LogP contribution in [0.2, 0.25) is 0 Å². The minimum atomic E-state index is 0.986. The van der Waals surface area contributed by atoms with Crippen LogP contribution in [0.1, 0.15) is 0 Å². The molecule has 9 rings (SSSR count). The fourth-order valence-electron chi connectivity index (χ4n) is 6.81. The summed E-state index contributed by atoms with van der Waals surface area (Å²) in [7, 11) is 0. The Hall–Kier alpha value is -5.57. The molecule has 0 radical (unpaired) electrons. The number of aromatic nitrogens is 1. The smallest absolute Gasteiger partial charge is 0.0702 e. The molecule has 0 N–H and O–H groups in total. The van der Waals surface area contributed by atoms with Gasteiger partial charge in [0.25, 0.3) is 0 Å². The van der Waals surface area contributed by atoms with Crippen molar-refractivity contribution < 1.29 is 0 Å². The van der Waals surface area contributed by atoms with Gasteiger partial charge in [0.05, 0.1) is 5.69 Å². The number of rotatable bonds is 4. The van der Waals surface area contributed by atoms with Crippen molar-refractivity contribution in [2.45, 2.75) is 0 Å². The zero-order valence-corrected chi connectivity index (χ0v) is 25.3. The first-order chi connectivity index (χ1) is 22.3. The minimum absolute atomic E-state index is 0.986. The summed E-state index contributed by atoms with van der Waals surface area (Å²) in [5.41, 5.74) is 9.42. The quantitative estimate of drug-likeness (QED) is 0.186. The van der Waals surface area contributed by atoms with E-state index in [0.717, 1.165) is 16.8 Å². The van der Waals surface area contributed by atoms with Crippen molar-refractivity contribution in [3.8, 4) is 44.6 Å². The molecule has 0 fully saturated rings. The van der Waals surface area contributed by atoms with E-state index < -0.39 is 0 Å². The van der Waals surface area contributed by atoms with Gasteiger partial charge in [-0.2, -0.15) is 0 Å². The van der Waals surface area contributed by atoms with Crippen LogP contribution in [-0.4, -0.2) is 4.98 Å². The van der Waals surface area contributed by atoms with Gasteiger partial charge in [0.15, 0.2) is 0 Å². The van der Waals surface area contributed by atoms with Crippen molar-refractivity contribution in [2.24, 2.45) is 0 Å². The molecule has 0 bridgehead atoms. The van der Waals surface area contributed by atoms with Crippen LogP contribution in [0, 0.1) is 0 Å². The predicted octanol–water partition coefficient (Wildman–Crippen LogP) is 12.4. The molecular weight excluding hydrogens is 563 g/mol. The van der Waals surface area contributed by atoms with E-state index in [1.807, 2.05) is 17.5 Å². The molecule has 0 saturated heterocycles. The van der Waals surface area contributed by atoms with E-state index in [1.54, 1.807) is 0 Å². The zero-order chi connectivity index (χ0) is 29.7. The standard InChI is InChI=1S/C43H27NS/c1-2-10-28(11-3-1)29-18-20-30(21-19-29)42-34-13-4-6-15-36(34)43(37-16-7-5-14-35(37)42)32-22-24-39(44-27-32)31-23-25-41-38(26-31)33-12-8-9-17-40(33)45-41/h1-27H. The molecule has 0 amide bonds. The van der Waals surface area contributed by atoms with Gasteiger partial charge in [-0.05, 0) is 73.6 Å². The summed E-state index contributed by atoms with van der Waals surface area (Å²) in [6.45, 7) is 0. The Kier molecular flexibility index (Phi) is 6.07. The molecule has 2 heteroatoms. The Morgan fingerprint density at radius 3 is 1.47 bits per heavy atom. The van der Waals surface area contributed by atoms with E-state index in [9.17, 15) is 0 Å². The molecule has 2 aromatic heterocycles. The van der Waals surface area contributed by atoms with E-state index in [-0.39, 0.29) is 0 Å². The van der Waals surface area contributed by atoms with Gasteiger partial charge in [0.1, 0.15) is 0 Å². The maximum Gasteiger partial charge on any atom is 0.0702 e. The summed E-state index contributed by atoms with van der Waals surface area (Å²) in [5, 5.41) is 7.57. The Bertz CT molecular complexity index is 2450. The average Bonchev–Trinajstić information content (AvgIpc) is 3.49. The minimum Gasteiger partial charge on any atom is -0.256 e. The molecule has 7 aromatic carbocycles. The lowest BCUT2D eigenvalue weighted by molar-refractivity contribution is 1.33. The van der Waals surface area contributed by atoms with Crippen LogP contribution >= 0.6 is 11.3 Å². The van der Waals surface area contributed by atoms with Gasteiger partial charge in [-0.15, -0.1) is 11.3 Å². The maximum atomic E-state index is 5.03. The lowest BCUT2D eigenvalue weighted by Gasteiger charge is -2.18. The molecule has 2 heterocycles. The molecule has 0 atom stereocenters. The van der Waals surface area contributed by atoms with Gasteiger partial charge in [-0.1, -0.05) is 133 Å². The fourth-order valence-corrected chi connectivity index (χ4v) is 7.89. The number of pyridine rings is 1. The third kappa shape index (κ3) is 4.34. The highest BCUT2D eigenvalue weighted by molar-refractivity contribution is 7.25. The van der Waals surface area contributed by atoms with Crippen LogP contribution in [0.3, 0.4) is 0 Å². The molecule has 0 saturated carbocycles. The average molecular weight is 590 g/mol. The van der Waals surface area contributed by atoms with Crippen LogP contribution in [0.4, 0.5) is 0 Å². The maximum absolute atomic E-state index is 5.03. The van der Waals surface area contributed by atoms with Crippen LogP contribution in [-0.2, 0) is 0 Å². The second kappa shape index (κ2) is 10.6. The lowest BCUT2D eigenvalue weighted by Crippen LogP contribution is -1.92. The zero-order valence-electron chi connectivity index (χ0n) is 24.4. The summed E-state index contributed by atoms with van der Waals surface area (Å²) >= 11 is 1.85. The van der Waals surface area contributed by atoms with Crippen molar-refractivity contribution in [1.82, 2.24) is 4.98 Å². The Labute approximate surface area is 265 Å². The second-order valence-electron chi connectivity index (χ2n) is 11.5. The van der Waals surface area contributed by atoms with Crippen molar-refractivity contribution in [2.75, 3.05) is 0 Å². The summed E-state index contributed by atoms with van der Waals surface area (Å²) in [6.07, 6.45) is 2.05. The molecular formula is C43H27NS. The van der Waals surface area contributed by atoms with Crippen molar-refractivity contribution in [1.29, 1.82) is 0 Å². The second-order valence-corrected chi connectivity index (χ2v) is 12.6. The third-order valence-corrected chi connectivity index (χ3v) is 10.1. The van der Waals surface area contributed by atoms with Crippen LogP contribution in [0.25, 0.3) is 86.4 Å². The highest BCUT2D eigenvalue weighted by Crippen LogP contribution is 2.44. The molecule has 0 aliphatic rings. The van der Waals surface area contributed by atoms with Gasteiger partial charge < -0.3 is 0 Å². The summed E-state index contributed by atoms with van der Waals surface area (Å²) in [6, 6.07) is 57.0. The van der Waals surface area contributed by atoms with Gasteiger partial charge in [0.2, 0.25) is 0 Å². The SMILES string of the molecule is c1ccc(-c2ccc(-c3c4ccccc4c(-c4ccc(-c5ccc6sc7ccccc7c6c5)nc4)c4ccccc34)cc2)cc1. The number of hydrogen-bond donors (Lipinski definition) is 0. The number of thiophene rings is 1. The van der Waals surface area contributed by atoms with Crippen molar-refractivity contribution >= 4 is 53.1 Å². The van der Waals surface area contributed by atoms with Gasteiger partial charge in [0, 0.05) is 37.5 Å². The molecule has 210 valence electrons. The van der Waals surface area contributed by atoms with Crippen LogP contribution in [0.5, 0.6) is 0 Å². The topological polar surface area (TPSA) is 12.9 Å². The van der Waals surface area contributed by atoms with Gasteiger partial charge in [-0.3, -0.25) is 4.98 Å². The Morgan fingerprint density at radius 1 is 0.333 bits per heavy atom. The number of benzene rings is 7. The molecule has 45 heavy (non-hydrogen) atoms. The van der Waals surface area contributed by atoms with E-state index in [1.165, 1.54) is 69.5 Å². The first-order valence-corrected chi connectivity index (χ1v) is 16.1. The predicted molar refractivity (Wildman–Crippen MR) is 194 cm³/mol. The largest absolute Gasteiger partial charge is 0.256 e. The summed E-state index contributed by atoms with van der Waals surface area (Å²) in [5.74, 6) is 0. The van der Waals surface area contributed by atoms with E-state index in [2.05, 4.69) is 158 Å². The van der Waals surface area contributed by atoms with Crippen molar-refractivity contribution in [3.63, 3.8) is 0 Å². The lowest BCUT2D eigenvalue weighted by atomic mass is 9.86. The first-order valence-electron chi connectivity index (χ1n) is 15.3. The number of fused-ring (bicyclic) bond motifs is 5. The monoisotopic (exact) mass is 589 g/mol. The molecule has 0 aliphatic carbocycles. The number of hydrogen-bond acceptors (Lipinski definition) is 2. The summed E-state index contributed by atoms with van der Waals surface area (Å²) < 4.78 is 2.63. The normalized spacial score (nSPS) is 11.6. The van der Waals surface area contributed by atoms with E-state index in [4.69, 9.17) is 4.98 Å². The van der Waals surface area contributed by atoms with Crippen LogP contribution in [0.15, 0.2) is 164 Å². The summed E-state index contributed by atoms with van der Waals surface area (Å²) in [4.78, 5) is 5.03. The molecule has 9 aromatic rings. The Morgan fingerprint density at radius 2 is 0.822 bits per heavy atom. The van der Waals surface area contributed by atoms with Gasteiger partial charge >= 0.3 is 0 Å². The fraction of sp³-hybridized carbons (Fsp3) is 0. The van der Waals surface area contributed by atoms with E-state index >= 15 is 0 Å². The van der Waals surface area contributed by atoms with Crippen LogP contribution < -0.4 is 0 Å². The highest BCUT2D eigenvalue weighted by atomic mass is 32.1. The number of nitrogens with zero attached hydrogens (tertiary/aromatic N) is 1. The first kappa shape index (κ1) is 25.9. The molecule has 0 aliphatic heterocycles. The molecule has 1 nitrogen and oxygen atoms in total. The molecule has 0 unspecified atom stereocenters. The van der Waals surface area contributed by atoms with Gasteiger partial charge in [-0.25, -0.2) is 0 Å². The Balaban J connectivity index is 1.18. The molecule has 0 spiro atoms.